The number of aliphatic hydroxyl groups excluding tert-OH is 1. The zero-order valence-electron chi connectivity index (χ0n) is 9.51. The molecule has 4 heteroatoms. The molecule has 1 aromatic heterocycles. The molecule has 1 aromatic carbocycles. The highest BCUT2D eigenvalue weighted by Gasteiger charge is 2.14. The fraction of sp³-hybridized carbons (Fsp3) is 0.417. The van der Waals surface area contributed by atoms with Crippen molar-refractivity contribution >= 4 is 10.9 Å². The maximum absolute atomic E-state index is 9.72. The number of phenols is 1. The molecule has 2 rings (SSSR count). The minimum Gasteiger partial charge on any atom is -0.506 e. The summed E-state index contributed by atoms with van der Waals surface area (Å²) in [6.45, 7) is 4.15. The van der Waals surface area contributed by atoms with E-state index in [-0.39, 0.29) is 18.4 Å². The highest BCUT2D eigenvalue weighted by molar-refractivity contribution is 5.86. The summed E-state index contributed by atoms with van der Waals surface area (Å²) in [4.78, 5) is 0. The molecule has 0 amide bonds. The first-order valence-electron chi connectivity index (χ1n) is 5.45. The van der Waals surface area contributed by atoms with Gasteiger partial charge in [0.25, 0.3) is 0 Å². The van der Waals surface area contributed by atoms with Gasteiger partial charge in [0.2, 0.25) is 0 Å². The number of benzene rings is 1. The Morgan fingerprint density at radius 1 is 1.38 bits per heavy atom. The van der Waals surface area contributed by atoms with Crippen LogP contribution in [0.2, 0.25) is 0 Å². The first-order chi connectivity index (χ1) is 7.65. The molecule has 86 valence electrons. The predicted octanol–water partition coefficient (Wildman–Crippen LogP) is 1.86. The van der Waals surface area contributed by atoms with Gasteiger partial charge in [-0.05, 0) is 19.9 Å². The molecule has 1 heterocycles. The second kappa shape index (κ2) is 4.14. The molecule has 2 N–H and O–H groups in total. The lowest BCUT2D eigenvalue weighted by Gasteiger charge is -2.09. The number of nitrogens with zero attached hydrogens (tertiary/aromatic N) is 2. The minimum atomic E-state index is 0.0865. The molecule has 0 saturated heterocycles. The van der Waals surface area contributed by atoms with Gasteiger partial charge in [0.15, 0.2) is 0 Å². The Balaban J connectivity index is 2.70. The molecule has 0 atom stereocenters. The molecule has 0 aliphatic carbocycles. The van der Waals surface area contributed by atoms with Crippen LogP contribution in [0.3, 0.4) is 0 Å². The Bertz CT molecular complexity index is 503. The van der Waals surface area contributed by atoms with Crippen LogP contribution in [0.25, 0.3) is 10.9 Å². The van der Waals surface area contributed by atoms with Crippen molar-refractivity contribution in [3.05, 3.63) is 23.9 Å². The summed E-state index contributed by atoms with van der Waals surface area (Å²) in [6.07, 6.45) is 0.554. The standard InChI is InChI=1S/C12H16N2O2/c1-8(2)14-10(6-7-15)9-4-3-5-11(16)12(9)13-14/h3-5,8,15-16H,6-7H2,1-2H3. The molecule has 0 radical (unpaired) electrons. The monoisotopic (exact) mass is 220 g/mol. The van der Waals surface area contributed by atoms with Crippen LogP contribution in [-0.4, -0.2) is 26.6 Å². The number of aromatic hydroxyl groups is 1. The molecule has 0 aliphatic rings. The Labute approximate surface area is 94.1 Å². The maximum atomic E-state index is 9.72. The lowest BCUT2D eigenvalue weighted by atomic mass is 10.1. The van der Waals surface area contributed by atoms with Gasteiger partial charge in [-0.15, -0.1) is 0 Å². The van der Waals surface area contributed by atoms with Gasteiger partial charge in [-0.3, -0.25) is 4.68 Å². The topological polar surface area (TPSA) is 58.3 Å². The van der Waals surface area contributed by atoms with E-state index in [0.717, 1.165) is 11.1 Å². The van der Waals surface area contributed by atoms with Crippen LogP contribution in [0, 0.1) is 0 Å². The average Bonchev–Trinajstić information content (AvgIpc) is 2.60. The van der Waals surface area contributed by atoms with E-state index in [2.05, 4.69) is 5.10 Å². The summed E-state index contributed by atoms with van der Waals surface area (Å²) in [6, 6.07) is 5.56. The molecule has 0 spiro atoms. The third-order valence-corrected chi connectivity index (χ3v) is 2.65. The summed E-state index contributed by atoms with van der Waals surface area (Å²) >= 11 is 0. The van der Waals surface area contributed by atoms with Gasteiger partial charge < -0.3 is 10.2 Å². The van der Waals surface area contributed by atoms with Crippen molar-refractivity contribution in [3.63, 3.8) is 0 Å². The molecular weight excluding hydrogens is 204 g/mol. The van der Waals surface area contributed by atoms with Crippen molar-refractivity contribution in [2.75, 3.05) is 6.61 Å². The first kappa shape index (κ1) is 11.0. The van der Waals surface area contributed by atoms with E-state index in [4.69, 9.17) is 5.11 Å². The number of fused-ring (bicyclic) bond motifs is 1. The van der Waals surface area contributed by atoms with E-state index in [1.807, 2.05) is 24.6 Å². The summed E-state index contributed by atoms with van der Waals surface area (Å²) in [5.74, 6) is 0.191. The van der Waals surface area contributed by atoms with Crippen molar-refractivity contribution < 1.29 is 10.2 Å². The summed E-state index contributed by atoms with van der Waals surface area (Å²) in [5.41, 5.74) is 1.59. The number of hydrogen-bond acceptors (Lipinski definition) is 3. The largest absolute Gasteiger partial charge is 0.506 e. The van der Waals surface area contributed by atoms with Crippen molar-refractivity contribution in [1.29, 1.82) is 0 Å². The van der Waals surface area contributed by atoms with Gasteiger partial charge in [0.1, 0.15) is 11.3 Å². The fourth-order valence-electron chi connectivity index (χ4n) is 1.94. The van der Waals surface area contributed by atoms with Gasteiger partial charge in [-0.2, -0.15) is 5.10 Å². The van der Waals surface area contributed by atoms with Gasteiger partial charge in [-0.25, -0.2) is 0 Å². The number of hydrogen-bond donors (Lipinski definition) is 2. The molecule has 0 fully saturated rings. The summed E-state index contributed by atoms with van der Waals surface area (Å²) < 4.78 is 1.86. The Morgan fingerprint density at radius 2 is 2.12 bits per heavy atom. The lowest BCUT2D eigenvalue weighted by molar-refractivity contribution is 0.294. The molecule has 2 aromatic rings. The normalized spacial score (nSPS) is 11.5. The third kappa shape index (κ3) is 1.65. The van der Waals surface area contributed by atoms with Crippen LogP contribution in [0.5, 0.6) is 5.75 Å². The fourth-order valence-corrected chi connectivity index (χ4v) is 1.94. The van der Waals surface area contributed by atoms with Gasteiger partial charge in [0, 0.05) is 30.1 Å². The van der Waals surface area contributed by atoms with Crippen LogP contribution in [-0.2, 0) is 6.42 Å². The van der Waals surface area contributed by atoms with E-state index in [9.17, 15) is 5.11 Å². The molecular formula is C12H16N2O2. The molecule has 0 aliphatic heterocycles. The van der Waals surface area contributed by atoms with E-state index < -0.39 is 0 Å². The Morgan fingerprint density at radius 3 is 2.75 bits per heavy atom. The van der Waals surface area contributed by atoms with E-state index in [1.54, 1.807) is 12.1 Å². The molecule has 16 heavy (non-hydrogen) atoms. The zero-order chi connectivity index (χ0) is 11.7. The van der Waals surface area contributed by atoms with Crippen LogP contribution in [0.15, 0.2) is 18.2 Å². The number of phenolic OH excluding ortho intramolecular Hbond substituents is 1. The SMILES string of the molecule is CC(C)n1nc2c(O)cccc2c1CCO. The Kier molecular flexibility index (Phi) is 2.83. The Hall–Kier alpha value is -1.55. The quantitative estimate of drug-likeness (QED) is 0.830. The van der Waals surface area contributed by atoms with Crippen LogP contribution < -0.4 is 0 Å². The molecule has 0 saturated carbocycles. The number of aromatic nitrogens is 2. The van der Waals surface area contributed by atoms with Crippen molar-refractivity contribution in [3.8, 4) is 5.75 Å². The van der Waals surface area contributed by atoms with Crippen LogP contribution in [0.4, 0.5) is 0 Å². The second-order valence-corrected chi connectivity index (χ2v) is 4.13. The van der Waals surface area contributed by atoms with Crippen molar-refractivity contribution in [2.24, 2.45) is 0 Å². The maximum Gasteiger partial charge on any atom is 0.143 e. The lowest BCUT2D eigenvalue weighted by Crippen LogP contribution is -2.08. The third-order valence-electron chi connectivity index (χ3n) is 2.65. The highest BCUT2D eigenvalue weighted by atomic mass is 16.3. The van der Waals surface area contributed by atoms with Crippen LogP contribution in [0.1, 0.15) is 25.6 Å². The van der Waals surface area contributed by atoms with Gasteiger partial charge >= 0.3 is 0 Å². The van der Waals surface area contributed by atoms with Crippen LogP contribution >= 0.6 is 0 Å². The van der Waals surface area contributed by atoms with Gasteiger partial charge in [0.05, 0.1) is 0 Å². The van der Waals surface area contributed by atoms with E-state index in [1.165, 1.54) is 0 Å². The smallest absolute Gasteiger partial charge is 0.143 e. The molecule has 0 bridgehead atoms. The number of aliphatic hydroxyl groups is 1. The second-order valence-electron chi connectivity index (χ2n) is 4.13. The average molecular weight is 220 g/mol. The number of rotatable bonds is 3. The van der Waals surface area contributed by atoms with Gasteiger partial charge in [-0.1, -0.05) is 12.1 Å². The highest BCUT2D eigenvalue weighted by Crippen LogP contribution is 2.28. The van der Waals surface area contributed by atoms with E-state index in [0.29, 0.717) is 11.9 Å². The predicted molar refractivity (Wildman–Crippen MR) is 62.6 cm³/mol. The molecule has 4 nitrogen and oxygen atoms in total. The first-order valence-corrected chi connectivity index (χ1v) is 5.45. The van der Waals surface area contributed by atoms with Crippen molar-refractivity contribution in [1.82, 2.24) is 9.78 Å². The van der Waals surface area contributed by atoms with E-state index >= 15 is 0 Å². The zero-order valence-corrected chi connectivity index (χ0v) is 9.51. The summed E-state index contributed by atoms with van der Waals surface area (Å²) in [5, 5.41) is 24.1. The molecule has 0 unspecified atom stereocenters. The summed E-state index contributed by atoms with van der Waals surface area (Å²) in [7, 11) is 0. The minimum absolute atomic E-state index is 0.0865. The van der Waals surface area contributed by atoms with Crippen molar-refractivity contribution in [2.45, 2.75) is 26.3 Å².